The van der Waals surface area contributed by atoms with Gasteiger partial charge in [0.25, 0.3) is 0 Å². The van der Waals surface area contributed by atoms with Crippen molar-refractivity contribution in [2.45, 2.75) is 0 Å². The molecule has 58 valence electrons. The highest BCUT2D eigenvalue weighted by Gasteiger charge is 1.99. The molecule has 0 atom stereocenters. The van der Waals surface area contributed by atoms with Gasteiger partial charge < -0.3 is 4.90 Å². The van der Waals surface area contributed by atoms with Gasteiger partial charge in [-0.05, 0) is 11.6 Å². The molecule has 1 rings (SSSR count). The lowest BCUT2D eigenvalue weighted by molar-refractivity contribution is -0.104. The Morgan fingerprint density at radius 1 is 1.36 bits per heavy atom. The number of rotatable bonds is 2. The molecular weight excluding hydrogens is 138 g/mol. The minimum atomic E-state index is 0.734. The maximum absolute atomic E-state index is 10.3. The average molecular weight is 149 g/mol. The Labute approximate surface area is 66.5 Å². The molecule has 0 saturated carbocycles. The van der Waals surface area contributed by atoms with Crippen LogP contribution < -0.4 is 0 Å². The van der Waals surface area contributed by atoms with Crippen LogP contribution in [0, 0.1) is 0 Å². The third-order valence-electron chi connectivity index (χ3n) is 1.34. The maximum atomic E-state index is 10.3. The number of aldehydes is 1. The van der Waals surface area contributed by atoms with Gasteiger partial charge in [-0.25, -0.2) is 0 Å². The standard InChI is InChI=1S/C9H11NO/c1-10(2)6-8-3-4-9(5-8)7-11/h3-7H,1-2H3/b8-6+. The average Bonchev–Trinajstić information content (AvgIpc) is 2.34. The second-order valence-corrected chi connectivity index (χ2v) is 2.69. The van der Waals surface area contributed by atoms with E-state index in [1.54, 1.807) is 0 Å². The van der Waals surface area contributed by atoms with Crippen LogP contribution in [-0.4, -0.2) is 25.3 Å². The zero-order chi connectivity index (χ0) is 8.27. The summed E-state index contributed by atoms with van der Waals surface area (Å²) in [6.45, 7) is 0. The van der Waals surface area contributed by atoms with E-state index in [-0.39, 0.29) is 0 Å². The van der Waals surface area contributed by atoms with Crippen molar-refractivity contribution in [1.29, 1.82) is 0 Å². The monoisotopic (exact) mass is 149 g/mol. The number of carbonyl (C=O) groups excluding carboxylic acids is 1. The summed E-state index contributed by atoms with van der Waals surface area (Å²) in [6, 6.07) is 0. The Bertz CT molecular complexity index is 246. The lowest BCUT2D eigenvalue weighted by Gasteiger charge is -2.03. The van der Waals surface area contributed by atoms with Crippen molar-refractivity contribution in [1.82, 2.24) is 4.90 Å². The molecule has 0 spiro atoms. The number of nitrogens with zero attached hydrogens (tertiary/aromatic N) is 1. The number of allylic oxidation sites excluding steroid dienone is 5. The van der Waals surface area contributed by atoms with Crippen LogP contribution in [0.5, 0.6) is 0 Å². The van der Waals surface area contributed by atoms with Gasteiger partial charge in [-0.1, -0.05) is 12.2 Å². The van der Waals surface area contributed by atoms with Crippen molar-refractivity contribution in [3.05, 3.63) is 35.6 Å². The zero-order valence-electron chi connectivity index (χ0n) is 6.74. The molecule has 1 aliphatic rings. The Balaban J connectivity index is 2.75. The van der Waals surface area contributed by atoms with Crippen LogP contribution in [-0.2, 0) is 4.79 Å². The van der Waals surface area contributed by atoms with Crippen LogP contribution in [0.25, 0.3) is 0 Å². The van der Waals surface area contributed by atoms with Crippen molar-refractivity contribution < 1.29 is 4.79 Å². The lowest BCUT2D eigenvalue weighted by Crippen LogP contribution is -2.01. The first-order valence-electron chi connectivity index (χ1n) is 3.45. The molecule has 0 aromatic heterocycles. The summed E-state index contributed by atoms with van der Waals surface area (Å²) < 4.78 is 0. The van der Waals surface area contributed by atoms with E-state index >= 15 is 0 Å². The van der Waals surface area contributed by atoms with Crippen LogP contribution in [0.4, 0.5) is 0 Å². The SMILES string of the molecule is CN(C)/C=C1\C=CC(C=O)=C1. The van der Waals surface area contributed by atoms with Gasteiger partial charge in [-0.15, -0.1) is 0 Å². The predicted molar refractivity (Wildman–Crippen MR) is 45.1 cm³/mol. The summed E-state index contributed by atoms with van der Waals surface area (Å²) in [5.74, 6) is 0. The van der Waals surface area contributed by atoms with Gasteiger partial charge in [0, 0.05) is 25.9 Å². The quantitative estimate of drug-likeness (QED) is 0.548. The molecule has 0 fully saturated rings. The van der Waals surface area contributed by atoms with Crippen molar-refractivity contribution in [3.63, 3.8) is 0 Å². The highest BCUT2D eigenvalue weighted by Crippen LogP contribution is 2.12. The Kier molecular flexibility index (Phi) is 2.26. The Morgan fingerprint density at radius 3 is 2.55 bits per heavy atom. The molecule has 11 heavy (non-hydrogen) atoms. The molecule has 2 heteroatoms. The Hall–Kier alpha value is -1.31. The molecule has 0 aromatic carbocycles. The van der Waals surface area contributed by atoms with Crippen molar-refractivity contribution >= 4 is 6.29 Å². The van der Waals surface area contributed by atoms with E-state index in [0.29, 0.717) is 0 Å². The fourth-order valence-electron chi connectivity index (χ4n) is 0.933. The molecule has 0 aliphatic heterocycles. The second kappa shape index (κ2) is 3.19. The zero-order valence-corrected chi connectivity index (χ0v) is 6.74. The van der Waals surface area contributed by atoms with E-state index in [9.17, 15) is 4.79 Å². The summed E-state index contributed by atoms with van der Waals surface area (Å²) in [6.07, 6.45) is 8.40. The van der Waals surface area contributed by atoms with Crippen molar-refractivity contribution in [2.75, 3.05) is 14.1 Å². The molecule has 0 N–H and O–H groups in total. The highest BCUT2D eigenvalue weighted by molar-refractivity contribution is 5.81. The fourth-order valence-corrected chi connectivity index (χ4v) is 0.933. The van der Waals surface area contributed by atoms with E-state index in [1.807, 2.05) is 43.4 Å². The van der Waals surface area contributed by atoms with E-state index in [4.69, 9.17) is 0 Å². The van der Waals surface area contributed by atoms with Crippen LogP contribution in [0.3, 0.4) is 0 Å². The van der Waals surface area contributed by atoms with Gasteiger partial charge in [0.2, 0.25) is 0 Å². The molecule has 0 aromatic rings. The Morgan fingerprint density at radius 2 is 2.09 bits per heavy atom. The second-order valence-electron chi connectivity index (χ2n) is 2.69. The molecule has 0 saturated heterocycles. The largest absolute Gasteiger partial charge is 0.383 e. The molecule has 0 bridgehead atoms. The van der Waals surface area contributed by atoms with Gasteiger partial charge in [0.05, 0.1) is 0 Å². The van der Waals surface area contributed by atoms with Crippen LogP contribution in [0.15, 0.2) is 35.6 Å². The molecule has 1 aliphatic carbocycles. The summed E-state index contributed by atoms with van der Waals surface area (Å²) in [5.41, 5.74) is 1.80. The lowest BCUT2D eigenvalue weighted by atomic mass is 10.3. The van der Waals surface area contributed by atoms with Crippen molar-refractivity contribution in [3.8, 4) is 0 Å². The molecule has 2 nitrogen and oxygen atoms in total. The topological polar surface area (TPSA) is 20.3 Å². The number of hydrogen-bond donors (Lipinski definition) is 0. The van der Waals surface area contributed by atoms with Gasteiger partial charge >= 0.3 is 0 Å². The molecule has 0 heterocycles. The minimum Gasteiger partial charge on any atom is -0.383 e. The summed E-state index contributed by atoms with van der Waals surface area (Å²) in [4.78, 5) is 12.2. The van der Waals surface area contributed by atoms with Gasteiger partial charge in [0.15, 0.2) is 0 Å². The highest BCUT2D eigenvalue weighted by atomic mass is 16.1. The normalized spacial score (nSPS) is 18.7. The van der Waals surface area contributed by atoms with Crippen molar-refractivity contribution in [2.24, 2.45) is 0 Å². The van der Waals surface area contributed by atoms with E-state index in [2.05, 4.69) is 0 Å². The van der Waals surface area contributed by atoms with E-state index in [1.165, 1.54) is 0 Å². The maximum Gasteiger partial charge on any atom is 0.150 e. The molecule has 0 unspecified atom stereocenters. The van der Waals surface area contributed by atoms with Gasteiger partial charge in [-0.2, -0.15) is 0 Å². The van der Waals surface area contributed by atoms with Gasteiger partial charge in [0.1, 0.15) is 6.29 Å². The van der Waals surface area contributed by atoms with Crippen LogP contribution in [0.1, 0.15) is 0 Å². The summed E-state index contributed by atoms with van der Waals surface area (Å²) in [5, 5.41) is 0. The first-order chi connectivity index (χ1) is 5.22. The van der Waals surface area contributed by atoms with E-state index in [0.717, 1.165) is 17.4 Å². The smallest absolute Gasteiger partial charge is 0.150 e. The number of hydrogen-bond acceptors (Lipinski definition) is 2. The predicted octanol–water partition coefficient (Wildman–Crippen LogP) is 1.13. The first kappa shape index (κ1) is 7.79. The molecule has 0 radical (unpaired) electrons. The number of carbonyl (C=O) groups is 1. The fraction of sp³-hybridized carbons (Fsp3) is 0.222. The third-order valence-corrected chi connectivity index (χ3v) is 1.34. The summed E-state index contributed by atoms with van der Waals surface area (Å²) >= 11 is 0. The minimum absolute atomic E-state index is 0.734. The molecular formula is C9H11NO. The third kappa shape index (κ3) is 2.08. The van der Waals surface area contributed by atoms with Crippen LogP contribution >= 0.6 is 0 Å². The summed E-state index contributed by atoms with van der Waals surface area (Å²) in [7, 11) is 3.90. The molecule has 0 amide bonds. The van der Waals surface area contributed by atoms with Crippen LogP contribution in [0.2, 0.25) is 0 Å². The van der Waals surface area contributed by atoms with Gasteiger partial charge in [-0.3, -0.25) is 4.79 Å². The first-order valence-corrected chi connectivity index (χ1v) is 3.45. The van der Waals surface area contributed by atoms with E-state index < -0.39 is 0 Å².